The van der Waals surface area contributed by atoms with Crippen LogP contribution in [0.3, 0.4) is 0 Å². The van der Waals surface area contributed by atoms with E-state index in [1.54, 1.807) is 24.3 Å². The van der Waals surface area contributed by atoms with Crippen molar-refractivity contribution < 1.29 is 14.4 Å². The molecular formula is C20H21BrN4O3. The van der Waals surface area contributed by atoms with Gasteiger partial charge in [-0.05, 0) is 48.9 Å². The Morgan fingerprint density at radius 1 is 1.21 bits per heavy atom. The van der Waals surface area contributed by atoms with E-state index in [-0.39, 0.29) is 24.3 Å². The summed E-state index contributed by atoms with van der Waals surface area (Å²) in [6, 6.07) is 10.6. The molecule has 3 N–H and O–H groups in total. The summed E-state index contributed by atoms with van der Waals surface area (Å²) in [5.41, 5.74) is 3.43. The normalized spacial score (nSPS) is 13.2. The lowest BCUT2D eigenvalue weighted by molar-refractivity contribution is -0.116. The molecule has 0 bridgehead atoms. The lowest BCUT2D eigenvalue weighted by Crippen LogP contribution is -2.33. The molecule has 3 rings (SSSR count). The summed E-state index contributed by atoms with van der Waals surface area (Å²) in [4.78, 5) is 38.3. The number of fused-ring (bicyclic) bond motifs is 1. The lowest BCUT2D eigenvalue weighted by Gasteiger charge is -2.18. The molecule has 0 fully saturated rings. The summed E-state index contributed by atoms with van der Waals surface area (Å²) < 4.78 is 0.928. The van der Waals surface area contributed by atoms with Crippen LogP contribution < -0.4 is 20.9 Å². The molecule has 8 heteroatoms. The van der Waals surface area contributed by atoms with Gasteiger partial charge < -0.3 is 20.9 Å². The Morgan fingerprint density at radius 3 is 2.75 bits per heavy atom. The van der Waals surface area contributed by atoms with Crippen LogP contribution in [0, 0.1) is 6.92 Å². The molecule has 2 aromatic rings. The van der Waals surface area contributed by atoms with Gasteiger partial charge in [0.25, 0.3) is 5.91 Å². The first kappa shape index (κ1) is 19.9. The number of carbonyl (C=O) groups excluding carboxylic acids is 3. The molecule has 2 aromatic carbocycles. The van der Waals surface area contributed by atoms with E-state index in [0.717, 1.165) is 15.7 Å². The molecule has 0 unspecified atom stereocenters. The minimum Gasteiger partial charge on any atom is -0.372 e. The molecule has 1 heterocycles. The average molecular weight is 445 g/mol. The highest BCUT2D eigenvalue weighted by Crippen LogP contribution is 2.28. The summed E-state index contributed by atoms with van der Waals surface area (Å²) in [5, 5.41) is 8.20. The molecule has 0 radical (unpaired) electrons. The first-order chi connectivity index (χ1) is 13.3. The standard InChI is InChI=1S/C20H21BrN4O3/c1-12-9-14(21)4-5-15(12)23-19(27)11-22-20(28)13-3-6-17-16(10-13)24-18(26)7-8-25(17)2/h3-6,9-10H,7-8,11H2,1-2H3,(H,22,28)(H,23,27)(H,24,26). The van der Waals surface area contributed by atoms with E-state index in [9.17, 15) is 14.4 Å². The highest BCUT2D eigenvalue weighted by Gasteiger charge is 2.18. The molecule has 0 aliphatic carbocycles. The second-order valence-electron chi connectivity index (χ2n) is 6.64. The quantitative estimate of drug-likeness (QED) is 0.675. The monoisotopic (exact) mass is 444 g/mol. The van der Waals surface area contributed by atoms with E-state index < -0.39 is 0 Å². The van der Waals surface area contributed by atoms with Gasteiger partial charge in [-0.25, -0.2) is 0 Å². The number of hydrogen-bond acceptors (Lipinski definition) is 4. The second kappa shape index (κ2) is 8.43. The molecule has 0 aromatic heterocycles. The van der Waals surface area contributed by atoms with Crippen LogP contribution in [0.25, 0.3) is 0 Å². The molecule has 1 aliphatic heterocycles. The SMILES string of the molecule is Cc1cc(Br)ccc1NC(=O)CNC(=O)c1ccc2c(c1)NC(=O)CCN2C. The summed E-state index contributed by atoms with van der Waals surface area (Å²) in [5.74, 6) is -0.791. The molecule has 0 spiro atoms. The Kier molecular flexibility index (Phi) is 5.99. The Labute approximate surface area is 171 Å². The van der Waals surface area contributed by atoms with E-state index in [2.05, 4.69) is 31.9 Å². The highest BCUT2D eigenvalue weighted by atomic mass is 79.9. The number of hydrogen-bond donors (Lipinski definition) is 3. The van der Waals surface area contributed by atoms with Gasteiger partial charge in [-0.1, -0.05) is 15.9 Å². The van der Waals surface area contributed by atoms with Crippen LogP contribution in [-0.4, -0.2) is 37.9 Å². The molecule has 28 heavy (non-hydrogen) atoms. The summed E-state index contributed by atoms with van der Waals surface area (Å²) in [6.45, 7) is 2.34. The zero-order chi connectivity index (χ0) is 20.3. The molecular weight excluding hydrogens is 424 g/mol. The van der Waals surface area contributed by atoms with E-state index in [4.69, 9.17) is 0 Å². The number of carbonyl (C=O) groups is 3. The van der Waals surface area contributed by atoms with Gasteiger partial charge in [-0.2, -0.15) is 0 Å². The number of rotatable bonds is 4. The van der Waals surface area contributed by atoms with Crippen LogP contribution in [0.15, 0.2) is 40.9 Å². The maximum Gasteiger partial charge on any atom is 0.251 e. The van der Waals surface area contributed by atoms with E-state index >= 15 is 0 Å². The number of aryl methyl sites for hydroxylation is 1. The van der Waals surface area contributed by atoms with Crippen molar-refractivity contribution in [3.8, 4) is 0 Å². The van der Waals surface area contributed by atoms with Crippen molar-refractivity contribution in [1.29, 1.82) is 0 Å². The predicted octanol–water partition coefficient (Wildman–Crippen LogP) is 2.90. The molecule has 3 amide bonds. The fourth-order valence-electron chi connectivity index (χ4n) is 2.94. The van der Waals surface area contributed by atoms with Gasteiger partial charge in [-0.3, -0.25) is 14.4 Å². The zero-order valence-electron chi connectivity index (χ0n) is 15.6. The van der Waals surface area contributed by atoms with Gasteiger partial charge in [0.1, 0.15) is 0 Å². The molecule has 146 valence electrons. The van der Waals surface area contributed by atoms with Crippen LogP contribution in [0.2, 0.25) is 0 Å². The number of benzene rings is 2. The van der Waals surface area contributed by atoms with Gasteiger partial charge in [0.05, 0.1) is 17.9 Å². The Bertz CT molecular complexity index is 945. The van der Waals surface area contributed by atoms with Crippen LogP contribution in [0.5, 0.6) is 0 Å². The molecule has 0 saturated carbocycles. The third-order valence-corrected chi connectivity index (χ3v) is 4.98. The van der Waals surface area contributed by atoms with E-state index in [1.165, 1.54) is 0 Å². The van der Waals surface area contributed by atoms with Crippen molar-refractivity contribution in [1.82, 2.24) is 5.32 Å². The molecule has 7 nitrogen and oxygen atoms in total. The van der Waals surface area contributed by atoms with Crippen molar-refractivity contribution in [3.05, 3.63) is 52.0 Å². The van der Waals surface area contributed by atoms with Crippen molar-refractivity contribution in [3.63, 3.8) is 0 Å². The van der Waals surface area contributed by atoms with Crippen LogP contribution in [0.4, 0.5) is 17.1 Å². The van der Waals surface area contributed by atoms with Crippen LogP contribution >= 0.6 is 15.9 Å². The fraction of sp³-hybridized carbons (Fsp3) is 0.250. The maximum atomic E-state index is 12.4. The van der Waals surface area contributed by atoms with Gasteiger partial charge in [0.2, 0.25) is 11.8 Å². The highest BCUT2D eigenvalue weighted by molar-refractivity contribution is 9.10. The third kappa shape index (κ3) is 4.69. The summed E-state index contributed by atoms with van der Waals surface area (Å²) in [6.07, 6.45) is 0.391. The maximum absolute atomic E-state index is 12.4. The van der Waals surface area contributed by atoms with Gasteiger partial charge in [0, 0.05) is 35.7 Å². The van der Waals surface area contributed by atoms with Crippen LogP contribution in [0.1, 0.15) is 22.3 Å². The smallest absolute Gasteiger partial charge is 0.251 e. The van der Waals surface area contributed by atoms with Gasteiger partial charge in [0.15, 0.2) is 0 Å². The molecule has 1 aliphatic rings. The number of halogens is 1. The largest absolute Gasteiger partial charge is 0.372 e. The second-order valence-corrected chi connectivity index (χ2v) is 7.56. The van der Waals surface area contributed by atoms with Crippen molar-refractivity contribution in [2.24, 2.45) is 0 Å². The van der Waals surface area contributed by atoms with E-state index in [0.29, 0.717) is 29.9 Å². The minimum absolute atomic E-state index is 0.0904. The van der Waals surface area contributed by atoms with Crippen molar-refractivity contribution >= 4 is 50.7 Å². The number of amides is 3. The minimum atomic E-state index is -0.383. The molecule has 0 atom stereocenters. The zero-order valence-corrected chi connectivity index (χ0v) is 17.2. The Balaban J connectivity index is 1.63. The van der Waals surface area contributed by atoms with Crippen molar-refractivity contribution in [2.45, 2.75) is 13.3 Å². The van der Waals surface area contributed by atoms with Gasteiger partial charge >= 0.3 is 0 Å². The number of anilines is 3. The topological polar surface area (TPSA) is 90.5 Å². The Morgan fingerprint density at radius 2 is 2.00 bits per heavy atom. The van der Waals surface area contributed by atoms with Crippen LogP contribution in [-0.2, 0) is 9.59 Å². The van der Waals surface area contributed by atoms with E-state index in [1.807, 2.05) is 31.0 Å². The Hall–Kier alpha value is -2.87. The number of nitrogens with one attached hydrogen (secondary N) is 3. The summed E-state index contributed by atoms with van der Waals surface area (Å²) >= 11 is 3.38. The first-order valence-corrected chi connectivity index (χ1v) is 9.62. The molecule has 0 saturated heterocycles. The fourth-order valence-corrected chi connectivity index (χ4v) is 3.41. The third-order valence-electron chi connectivity index (χ3n) is 4.49. The predicted molar refractivity (Wildman–Crippen MR) is 113 cm³/mol. The van der Waals surface area contributed by atoms with Gasteiger partial charge in [-0.15, -0.1) is 0 Å². The van der Waals surface area contributed by atoms with Crippen molar-refractivity contribution in [2.75, 3.05) is 35.7 Å². The average Bonchev–Trinajstić information content (AvgIpc) is 2.80. The lowest BCUT2D eigenvalue weighted by atomic mass is 10.1. The number of nitrogens with zero attached hydrogens (tertiary/aromatic N) is 1. The first-order valence-electron chi connectivity index (χ1n) is 8.83. The summed E-state index contributed by atoms with van der Waals surface area (Å²) in [7, 11) is 1.90.